The van der Waals surface area contributed by atoms with Crippen molar-refractivity contribution in [3.05, 3.63) is 40.8 Å². The van der Waals surface area contributed by atoms with Crippen molar-refractivity contribution in [3.8, 4) is 0 Å². The average Bonchev–Trinajstić information content (AvgIpc) is 2.19. The molecule has 3 heteroatoms. The van der Waals surface area contributed by atoms with Gasteiger partial charge in [0, 0.05) is 4.90 Å². The summed E-state index contributed by atoms with van der Waals surface area (Å²) in [6, 6.07) is 7.36. The van der Waals surface area contributed by atoms with Crippen LogP contribution < -0.4 is 0 Å². The lowest BCUT2D eigenvalue weighted by molar-refractivity contribution is -0.113. The molecule has 0 N–H and O–H groups in total. The lowest BCUT2D eigenvalue weighted by Gasteiger charge is -2.03. The first kappa shape index (κ1) is 11.9. The summed E-state index contributed by atoms with van der Waals surface area (Å²) in [5.74, 6) is -0.142. The van der Waals surface area contributed by atoms with Crippen LogP contribution in [0, 0.1) is 6.92 Å². The summed E-state index contributed by atoms with van der Waals surface area (Å²) in [4.78, 5) is 12.2. The summed E-state index contributed by atoms with van der Waals surface area (Å²) in [5.41, 5.74) is 1.11. The van der Waals surface area contributed by atoms with Crippen molar-refractivity contribution < 1.29 is 9.00 Å². The Bertz CT molecular complexity index is 416. The molecule has 0 amide bonds. The third kappa shape index (κ3) is 2.86. The van der Waals surface area contributed by atoms with Crippen LogP contribution in [-0.2, 0) is 15.6 Å². The second kappa shape index (κ2) is 5.03. The Labute approximate surface area is 92.5 Å². The Morgan fingerprint density at radius 1 is 1.27 bits per heavy atom. The highest BCUT2D eigenvalue weighted by Crippen LogP contribution is 2.15. The quantitative estimate of drug-likeness (QED) is 0.737. The molecule has 0 heterocycles. The van der Waals surface area contributed by atoms with Crippen molar-refractivity contribution in [2.24, 2.45) is 0 Å². The van der Waals surface area contributed by atoms with Crippen LogP contribution in [0.2, 0.25) is 0 Å². The Morgan fingerprint density at radius 2 is 1.80 bits per heavy atom. The maximum Gasteiger partial charge on any atom is 0.168 e. The molecular formula is C12H14O2S. The molecule has 2 nitrogen and oxygen atoms in total. The van der Waals surface area contributed by atoms with Gasteiger partial charge in [-0.2, -0.15) is 0 Å². The van der Waals surface area contributed by atoms with Gasteiger partial charge in [-0.3, -0.25) is 4.79 Å². The van der Waals surface area contributed by atoms with Crippen LogP contribution in [0.1, 0.15) is 19.4 Å². The Balaban J connectivity index is 3.04. The molecule has 0 aromatic heterocycles. The molecule has 0 unspecified atom stereocenters. The maximum atomic E-state index is 12.0. The van der Waals surface area contributed by atoms with Crippen LogP contribution in [0.15, 0.2) is 40.1 Å². The molecule has 0 spiro atoms. The molecule has 0 radical (unpaired) electrons. The predicted octanol–water partition coefficient (Wildman–Crippen LogP) is 2.60. The molecule has 0 aliphatic carbocycles. The molecule has 0 aliphatic rings. The summed E-state index contributed by atoms with van der Waals surface area (Å²) in [7, 11) is -1.35. The van der Waals surface area contributed by atoms with Crippen molar-refractivity contribution in [3.63, 3.8) is 0 Å². The van der Waals surface area contributed by atoms with Crippen LogP contribution in [0.5, 0.6) is 0 Å². The monoisotopic (exact) mass is 222 g/mol. The largest absolute Gasteiger partial charge is 0.294 e. The van der Waals surface area contributed by atoms with Gasteiger partial charge in [0.05, 0.1) is 15.7 Å². The number of carbonyl (C=O) groups excluding carboxylic acids is 1. The van der Waals surface area contributed by atoms with Gasteiger partial charge in [0.1, 0.15) is 0 Å². The number of benzene rings is 1. The van der Waals surface area contributed by atoms with Gasteiger partial charge in [0.15, 0.2) is 5.78 Å². The molecule has 1 rings (SSSR count). The van der Waals surface area contributed by atoms with E-state index in [1.165, 1.54) is 6.92 Å². The number of allylic oxidation sites excluding steroid dienone is 2. The molecule has 1 atom stereocenters. The van der Waals surface area contributed by atoms with E-state index in [0.29, 0.717) is 9.80 Å². The van der Waals surface area contributed by atoms with E-state index in [2.05, 4.69) is 0 Å². The smallest absolute Gasteiger partial charge is 0.168 e. The summed E-state index contributed by atoms with van der Waals surface area (Å²) in [6.45, 7) is 5.12. The highest BCUT2D eigenvalue weighted by molar-refractivity contribution is 7.90. The molecule has 15 heavy (non-hydrogen) atoms. The minimum absolute atomic E-state index is 0.142. The van der Waals surface area contributed by atoms with Crippen LogP contribution in [-0.4, -0.2) is 9.99 Å². The van der Waals surface area contributed by atoms with Crippen molar-refractivity contribution >= 4 is 16.6 Å². The first-order valence-electron chi connectivity index (χ1n) is 4.72. The summed E-state index contributed by atoms with van der Waals surface area (Å²) in [5, 5.41) is 0. The fraction of sp³-hybridized carbons (Fsp3) is 0.250. The number of ketones is 1. The number of aryl methyl sites for hydroxylation is 1. The number of rotatable bonds is 3. The van der Waals surface area contributed by atoms with Gasteiger partial charge in [-0.05, 0) is 32.9 Å². The van der Waals surface area contributed by atoms with Crippen molar-refractivity contribution in [1.29, 1.82) is 0 Å². The van der Waals surface area contributed by atoms with Gasteiger partial charge in [-0.1, -0.05) is 23.8 Å². The van der Waals surface area contributed by atoms with E-state index in [-0.39, 0.29) is 5.78 Å². The normalized spacial score (nSPS) is 13.7. The molecule has 0 fully saturated rings. The zero-order valence-corrected chi connectivity index (χ0v) is 9.93. The number of carbonyl (C=O) groups is 1. The molecule has 80 valence electrons. The van der Waals surface area contributed by atoms with Gasteiger partial charge in [-0.15, -0.1) is 0 Å². The van der Waals surface area contributed by atoms with E-state index in [4.69, 9.17) is 0 Å². The second-order valence-corrected chi connectivity index (χ2v) is 4.74. The molecule has 0 saturated carbocycles. The van der Waals surface area contributed by atoms with Crippen molar-refractivity contribution in [1.82, 2.24) is 0 Å². The standard InChI is InChI=1S/C12H14O2S/c1-4-12(10(3)13)15(14)11-7-5-9(2)6-8-11/h4-8H,1-3H3/b12-4+/t15-/m1/s1. The minimum Gasteiger partial charge on any atom is -0.294 e. The second-order valence-electron chi connectivity index (χ2n) is 3.29. The molecule has 0 bridgehead atoms. The lowest BCUT2D eigenvalue weighted by atomic mass is 10.2. The van der Waals surface area contributed by atoms with Gasteiger partial charge in [0.25, 0.3) is 0 Å². The number of Topliss-reactive ketones (excluding diaryl/α,β-unsaturated/α-hetero) is 1. The minimum atomic E-state index is -1.35. The van der Waals surface area contributed by atoms with E-state index in [9.17, 15) is 9.00 Å². The van der Waals surface area contributed by atoms with Crippen LogP contribution in [0.25, 0.3) is 0 Å². The summed E-state index contributed by atoms with van der Waals surface area (Å²) >= 11 is 0. The molecule has 1 aromatic rings. The Hall–Kier alpha value is -1.22. The molecule has 1 aromatic carbocycles. The first-order valence-corrected chi connectivity index (χ1v) is 5.87. The van der Waals surface area contributed by atoms with Crippen molar-refractivity contribution in [2.75, 3.05) is 0 Å². The SMILES string of the molecule is C/C=C(\C(C)=O)[S@](=O)c1ccc(C)cc1. The van der Waals surface area contributed by atoms with Crippen LogP contribution in [0.3, 0.4) is 0 Å². The summed E-state index contributed by atoms with van der Waals surface area (Å²) in [6.07, 6.45) is 1.61. The predicted molar refractivity (Wildman–Crippen MR) is 62.0 cm³/mol. The lowest BCUT2D eigenvalue weighted by Crippen LogP contribution is -2.04. The van der Waals surface area contributed by atoms with Crippen molar-refractivity contribution in [2.45, 2.75) is 25.7 Å². The number of hydrogen-bond acceptors (Lipinski definition) is 2. The van der Waals surface area contributed by atoms with Gasteiger partial charge in [-0.25, -0.2) is 4.21 Å². The third-order valence-electron chi connectivity index (χ3n) is 2.04. The zero-order chi connectivity index (χ0) is 11.4. The highest BCUT2D eigenvalue weighted by atomic mass is 32.2. The molecule has 0 saturated heterocycles. The number of hydrogen-bond donors (Lipinski definition) is 0. The van der Waals surface area contributed by atoms with E-state index in [0.717, 1.165) is 5.56 Å². The topological polar surface area (TPSA) is 34.1 Å². The maximum absolute atomic E-state index is 12.0. The fourth-order valence-corrected chi connectivity index (χ4v) is 2.34. The van der Waals surface area contributed by atoms with Crippen LogP contribution in [0.4, 0.5) is 0 Å². The van der Waals surface area contributed by atoms with Crippen LogP contribution >= 0.6 is 0 Å². The Morgan fingerprint density at radius 3 is 2.20 bits per heavy atom. The molecular weight excluding hydrogens is 208 g/mol. The van der Waals surface area contributed by atoms with Gasteiger partial charge in [0.2, 0.25) is 0 Å². The van der Waals surface area contributed by atoms with E-state index in [1.54, 1.807) is 25.1 Å². The Kier molecular flexibility index (Phi) is 3.97. The van der Waals surface area contributed by atoms with Gasteiger partial charge >= 0.3 is 0 Å². The average molecular weight is 222 g/mol. The summed E-state index contributed by atoms with van der Waals surface area (Å²) < 4.78 is 12.0. The highest BCUT2D eigenvalue weighted by Gasteiger charge is 2.13. The van der Waals surface area contributed by atoms with E-state index in [1.807, 2.05) is 19.1 Å². The van der Waals surface area contributed by atoms with E-state index >= 15 is 0 Å². The fourth-order valence-electron chi connectivity index (χ4n) is 1.23. The zero-order valence-electron chi connectivity index (χ0n) is 9.11. The first-order chi connectivity index (χ1) is 7.06. The molecule has 0 aliphatic heterocycles. The van der Waals surface area contributed by atoms with E-state index < -0.39 is 10.8 Å². The van der Waals surface area contributed by atoms with Gasteiger partial charge < -0.3 is 0 Å². The third-order valence-corrected chi connectivity index (χ3v) is 3.67.